The van der Waals surface area contributed by atoms with Crippen LogP contribution in [-0.2, 0) is 4.79 Å². The van der Waals surface area contributed by atoms with Crippen molar-refractivity contribution >= 4 is 5.91 Å². The van der Waals surface area contributed by atoms with Gasteiger partial charge in [0.15, 0.2) is 0 Å². The fourth-order valence-corrected chi connectivity index (χ4v) is 0.566. The van der Waals surface area contributed by atoms with Gasteiger partial charge >= 0.3 is 0 Å². The Balaban J connectivity index is 3.96. The molecule has 0 aromatic carbocycles. The molecule has 0 aromatic rings. The maximum absolute atomic E-state index is 11.4. The van der Waals surface area contributed by atoms with Crippen LogP contribution in [0, 0.1) is 0 Å². The van der Waals surface area contributed by atoms with Crippen LogP contribution < -0.4 is 10.6 Å². The van der Waals surface area contributed by atoms with Crippen molar-refractivity contribution in [1.29, 1.82) is 0 Å². The van der Waals surface area contributed by atoms with Gasteiger partial charge in [-0.3, -0.25) is 4.79 Å². The highest BCUT2D eigenvalue weighted by Crippen LogP contribution is 2.00. The molecule has 0 bridgehead atoms. The van der Waals surface area contributed by atoms with E-state index in [1.807, 2.05) is 20.8 Å². The summed E-state index contributed by atoms with van der Waals surface area (Å²) in [6, 6.07) is 0. The molecular weight excluding hydrogens is 152 g/mol. The fourth-order valence-electron chi connectivity index (χ4n) is 0.566. The lowest BCUT2D eigenvalue weighted by molar-refractivity contribution is -0.126. The van der Waals surface area contributed by atoms with Gasteiger partial charge in [0, 0.05) is 6.54 Å². The quantitative estimate of drug-likeness (QED) is 0.609. The van der Waals surface area contributed by atoms with Crippen molar-refractivity contribution in [3.05, 3.63) is 12.2 Å². The number of carbonyl (C=O) groups excluding carboxylic acids is 1. The number of hydrogen-bond acceptors (Lipinski definition) is 2. The van der Waals surface area contributed by atoms with Crippen LogP contribution in [0.3, 0.4) is 0 Å². The summed E-state index contributed by atoms with van der Waals surface area (Å²) in [6.45, 7) is 9.80. The van der Waals surface area contributed by atoms with Crippen LogP contribution in [0.2, 0.25) is 0 Å². The largest absolute Gasteiger partial charge is 0.351 e. The van der Waals surface area contributed by atoms with E-state index < -0.39 is 5.54 Å². The van der Waals surface area contributed by atoms with Gasteiger partial charge in [-0.15, -0.1) is 0 Å². The summed E-state index contributed by atoms with van der Waals surface area (Å²) in [5.41, 5.74) is 0.449. The van der Waals surface area contributed by atoms with Crippen LogP contribution in [0.5, 0.6) is 0 Å². The standard InChI is InChI=1S/C9H18N2O/c1-7(2)6-11-8(12)9(3,4)10-5/h10H,1,6H2,2-5H3,(H,11,12). The zero-order valence-corrected chi connectivity index (χ0v) is 8.32. The van der Waals surface area contributed by atoms with Gasteiger partial charge < -0.3 is 10.6 Å². The maximum atomic E-state index is 11.4. The van der Waals surface area contributed by atoms with E-state index in [0.717, 1.165) is 5.57 Å². The molecule has 0 aliphatic carbocycles. The average molecular weight is 170 g/mol. The first-order valence-corrected chi connectivity index (χ1v) is 4.01. The zero-order valence-electron chi connectivity index (χ0n) is 8.32. The van der Waals surface area contributed by atoms with Crippen molar-refractivity contribution in [3.63, 3.8) is 0 Å². The molecule has 0 radical (unpaired) electrons. The van der Waals surface area contributed by atoms with E-state index in [4.69, 9.17) is 0 Å². The molecular formula is C9H18N2O. The normalized spacial score (nSPS) is 11.0. The van der Waals surface area contributed by atoms with Crippen molar-refractivity contribution in [2.75, 3.05) is 13.6 Å². The second kappa shape index (κ2) is 4.26. The Morgan fingerprint density at radius 3 is 2.33 bits per heavy atom. The Bertz CT molecular complexity index is 185. The molecule has 0 aromatic heterocycles. The van der Waals surface area contributed by atoms with E-state index in [-0.39, 0.29) is 5.91 Å². The van der Waals surface area contributed by atoms with Crippen LogP contribution in [0.4, 0.5) is 0 Å². The molecule has 0 fully saturated rings. The topological polar surface area (TPSA) is 41.1 Å². The summed E-state index contributed by atoms with van der Waals surface area (Å²) in [7, 11) is 1.76. The molecule has 0 saturated heterocycles. The Kier molecular flexibility index (Phi) is 3.96. The first-order valence-electron chi connectivity index (χ1n) is 4.01. The second-order valence-electron chi connectivity index (χ2n) is 3.51. The number of likely N-dealkylation sites (N-methyl/N-ethyl adjacent to an activating group) is 1. The minimum atomic E-state index is -0.505. The summed E-state index contributed by atoms with van der Waals surface area (Å²) >= 11 is 0. The molecule has 0 unspecified atom stereocenters. The van der Waals surface area contributed by atoms with Gasteiger partial charge in [-0.2, -0.15) is 0 Å². The molecule has 3 heteroatoms. The first-order chi connectivity index (χ1) is 5.40. The second-order valence-corrected chi connectivity index (χ2v) is 3.51. The Morgan fingerprint density at radius 1 is 1.50 bits per heavy atom. The van der Waals surface area contributed by atoms with Gasteiger partial charge in [-0.25, -0.2) is 0 Å². The van der Waals surface area contributed by atoms with Crippen molar-refractivity contribution in [3.8, 4) is 0 Å². The third kappa shape index (κ3) is 3.53. The highest BCUT2D eigenvalue weighted by molar-refractivity contribution is 5.85. The lowest BCUT2D eigenvalue weighted by Gasteiger charge is -2.22. The molecule has 0 aliphatic heterocycles. The highest BCUT2D eigenvalue weighted by atomic mass is 16.2. The van der Waals surface area contributed by atoms with Crippen molar-refractivity contribution in [1.82, 2.24) is 10.6 Å². The van der Waals surface area contributed by atoms with Crippen LogP contribution >= 0.6 is 0 Å². The van der Waals surface area contributed by atoms with E-state index in [1.165, 1.54) is 0 Å². The minimum absolute atomic E-state index is 0.00648. The van der Waals surface area contributed by atoms with Crippen LogP contribution in [0.1, 0.15) is 20.8 Å². The third-order valence-electron chi connectivity index (χ3n) is 1.74. The summed E-state index contributed by atoms with van der Waals surface area (Å²) in [4.78, 5) is 11.4. The SMILES string of the molecule is C=C(C)CNC(=O)C(C)(C)NC. The molecule has 0 atom stereocenters. The van der Waals surface area contributed by atoms with E-state index in [2.05, 4.69) is 17.2 Å². The van der Waals surface area contributed by atoms with Gasteiger partial charge in [0.05, 0.1) is 5.54 Å². The average Bonchev–Trinajstić information content (AvgIpc) is 2.00. The molecule has 12 heavy (non-hydrogen) atoms. The smallest absolute Gasteiger partial charge is 0.239 e. The van der Waals surface area contributed by atoms with Crippen LogP contribution in [-0.4, -0.2) is 25.0 Å². The number of hydrogen-bond donors (Lipinski definition) is 2. The zero-order chi connectivity index (χ0) is 9.78. The molecule has 0 heterocycles. The fraction of sp³-hybridized carbons (Fsp3) is 0.667. The van der Waals surface area contributed by atoms with Gasteiger partial charge in [0.25, 0.3) is 0 Å². The predicted octanol–water partition coefficient (Wildman–Crippen LogP) is 0.677. The maximum Gasteiger partial charge on any atom is 0.239 e. The number of carbonyl (C=O) groups is 1. The van der Waals surface area contributed by atoms with Gasteiger partial charge in [0.1, 0.15) is 0 Å². The third-order valence-corrected chi connectivity index (χ3v) is 1.74. The lowest BCUT2D eigenvalue weighted by atomic mass is 10.1. The molecule has 2 N–H and O–H groups in total. The van der Waals surface area contributed by atoms with Crippen molar-refractivity contribution in [2.45, 2.75) is 26.3 Å². The van der Waals surface area contributed by atoms with Gasteiger partial charge in [0.2, 0.25) is 5.91 Å². The van der Waals surface area contributed by atoms with Crippen LogP contribution in [0.25, 0.3) is 0 Å². The van der Waals surface area contributed by atoms with E-state index in [0.29, 0.717) is 6.54 Å². The highest BCUT2D eigenvalue weighted by Gasteiger charge is 2.24. The summed E-state index contributed by atoms with van der Waals surface area (Å²) < 4.78 is 0. The van der Waals surface area contributed by atoms with Gasteiger partial charge in [-0.1, -0.05) is 12.2 Å². The van der Waals surface area contributed by atoms with Gasteiger partial charge in [-0.05, 0) is 27.8 Å². The van der Waals surface area contributed by atoms with E-state index in [9.17, 15) is 4.79 Å². The predicted molar refractivity (Wildman–Crippen MR) is 51.0 cm³/mol. The van der Waals surface area contributed by atoms with Crippen molar-refractivity contribution < 1.29 is 4.79 Å². The summed E-state index contributed by atoms with van der Waals surface area (Å²) in [5.74, 6) is -0.00648. The van der Waals surface area contributed by atoms with Crippen LogP contribution in [0.15, 0.2) is 12.2 Å². The summed E-state index contributed by atoms with van der Waals surface area (Å²) in [5, 5.41) is 5.70. The molecule has 0 saturated carbocycles. The first kappa shape index (κ1) is 11.2. The van der Waals surface area contributed by atoms with Crippen molar-refractivity contribution in [2.24, 2.45) is 0 Å². The molecule has 0 rings (SSSR count). The number of nitrogens with one attached hydrogen (secondary N) is 2. The Morgan fingerprint density at radius 2 is 2.00 bits per heavy atom. The Hall–Kier alpha value is -0.830. The van der Waals surface area contributed by atoms with E-state index >= 15 is 0 Å². The molecule has 1 amide bonds. The Labute approximate surface area is 74.2 Å². The molecule has 70 valence electrons. The van der Waals surface area contributed by atoms with E-state index in [1.54, 1.807) is 7.05 Å². The molecule has 3 nitrogen and oxygen atoms in total. The number of amides is 1. The number of rotatable bonds is 4. The monoisotopic (exact) mass is 170 g/mol. The summed E-state index contributed by atoms with van der Waals surface area (Å²) in [6.07, 6.45) is 0. The lowest BCUT2D eigenvalue weighted by Crippen LogP contribution is -2.51. The minimum Gasteiger partial charge on any atom is -0.351 e. The molecule has 0 spiro atoms. The molecule has 0 aliphatic rings.